The first-order valence-electron chi connectivity index (χ1n) is 12.5. The van der Waals surface area contributed by atoms with Crippen LogP contribution in [0.2, 0.25) is 0 Å². The van der Waals surface area contributed by atoms with Gasteiger partial charge in [0.1, 0.15) is 5.82 Å². The van der Waals surface area contributed by atoms with Crippen molar-refractivity contribution in [3.8, 4) is 56.9 Å². The van der Waals surface area contributed by atoms with Crippen LogP contribution in [-0.4, -0.2) is 38.0 Å². The summed E-state index contributed by atoms with van der Waals surface area (Å²) in [5.74, 6) is 3.44. The number of methoxy groups -OCH3 is 4. The Labute approximate surface area is 250 Å². The second kappa shape index (κ2) is 12.2. The van der Waals surface area contributed by atoms with Gasteiger partial charge in [-0.2, -0.15) is 0 Å². The summed E-state index contributed by atoms with van der Waals surface area (Å²) in [6.07, 6.45) is 0. The molecule has 0 saturated carbocycles. The van der Waals surface area contributed by atoms with Gasteiger partial charge in [-0.3, -0.25) is 0 Å². The highest BCUT2D eigenvalue weighted by atomic mass is 79.9. The Balaban J connectivity index is 1.79. The summed E-state index contributed by atoms with van der Waals surface area (Å²) in [7, 11) is 6.55. The lowest BCUT2D eigenvalue weighted by Gasteiger charge is -2.16. The molecule has 0 radical (unpaired) electrons. The fourth-order valence-electron chi connectivity index (χ4n) is 4.67. The summed E-state index contributed by atoms with van der Waals surface area (Å²) >= 11 is 7.15. The third-order valence-corrected chi connectivity index (χ3v) is 7.69. The normalized spacial score (nSPS) is 10.8. The van der Waals surface area contributed by atoms with Crippen LogP contribution in [0.15, 0.2) is 93.9 Å². The Hall–Kier alpha value is -3.75. The van der Waals surface area contributed by atoms with Gasteiger partial charge in [-0.15, -0.1) is 0 Å². The zero-order valence-electron chi connectivity index (χ0n) is 22.6. The van der Waals surface area contributed by atoms with Gasteiger partial charge in [-0.1, -0.05) is 62.2 Å². The van der Waals surface area contributed by atoms with Crippen molar-refractivity contribution in [2.75, 3.05) is 28.4 Å². The van der Waals surface area contributed by atoms with E-state index in [-0.39, 0.29) is 0 Å². The Morgan fingerprint density at radius 1 is 0.575 bits per heavy atom. The highest BCUT2D eigenvalue weighted by Crippen LogP contribution is 2.40. The molecule has 0 bridgehead atoms. The van der Waals surface area contributed by atoms with Crippen molar-refractivity contribution in [3.63, 3.8) is 0 Å². The average Bonchev–Trinajstić information content (AvgIpc) is 3.36. The summed E-state index contributed by atoms with van der Waals surface area (Å²) in [6, 6.07) is 28.4. The quantitative estimate of drug-likeness (QED) is 0.158. The second-order valence-corrected chi connectivity index (χ2v) is 10.8. The van der Waals surface area contributed by atoms with E-state index in [2.05, 4.69) is 60.7 Å². The Bertz CT molecular complexity index is 1630. The number of hydrogen-bond donors (Lipinski definition) is 0. The first-order valence-corrected chi connectivity index (χ1v) is 14.1. The number of halogens is 2. The molecule has 0 amide bonds. The maximum Gasteiger partial charge on any atom is 0.161 e. The average molecular weight is 664 g/mol. The fourth-order valence-corrected chi connectivity index (χ4v) is 5.20. The van der Waals surface area contributed by atoms with E-state index in [0.29, 0.717) is 29.5 Å². The van der Waals surface area contributed by atoms with E-state index >= 15 is 0 Å². The van der Waals surface area contributed by atoms with Crippen molar-refractivity contribution in [3.05, 3.63) is 99.4 Å². The standard InChI is InChI=1S/C32H28Br2N2O4/c1-37-26-15-5-20(17-28(26)39-3)19-36-31(22-8-13-25(34)14-9-22)30(21-6-11-24(33)12-7-21)35-32(36)23-10-16-27(38-2)29(18-23)40-4/h5-18H,19H2,1-4H3. The van der Waals surface area contributed by atoms with Crippen LogP contribution in [0.25, 0.3) is 33.9 Å². The molecule has 40 heavy (non-hydrogen) atoms. The predicted octanol–water partition coefficient (Wildman–Crippen LogP) is 8.49. The van der Waals surface area contributed by atoms with Gasteiger partial charge in [0.15, 0.2) is 23.0 Å². The number of ether oxygens (including phenoxy) is 4. The molecule has 0 spiro atoms. The van der Waals surface area contributed by atoms with E-state index < -0.39 is 0 Å². The van der Waals surface area contributed by atoms with Crippen LogP contribution >= 0.6 is 31.9 Å². The number of benzene rings is 4. The summed E-state index contributed by atoms with van der Waals surface area (Å²) in [4.78, 5) is 5.27. The molecule has 0 fully saturated rings. The molecule has 0 atom stereocenters. The third kappa shape index (κ3) is 5.60. The SMILES string of the molecule is COc1ccc(Cn2c(-c3ccc(OC)c(OC)c3)nc(-c3ccc(Br)cc3)c2-c2ccc(Br)cc2)cc1OC. The van der Waals surface area contributed by atoms with Gasteiger partial charge in [0.25, 0.3) is 0 Å². The molecule has 8 heteroatoms. The molecule has 0 aliphatic rings. The van der Waals surface area contributed by atoms with E-state index in [1.54, 1.807) is 28.4 Å². The summed E-state index contributed by atoms with van der Waals surface area (Å²) in [5, 5.41) is 0. The second-order valence-electron chi connectivity index (χ2n) is 8.99. The Morgan fingerprint density at radius 2 is 1.07 bits per heavy atom. The van der Waals surface area contributed by atoms with Gasteiger partial charge in [0, 0.05) is 32.2 Å². The molecule has 5 rings (SSSR count). The largest absolute Gasteiger partial charge is 0.493 e. The molecule has 4 aromatic carbocycles. The van der Waals surface area contributed by atoms with E-state index in [4.69, 9.17) is 23.9 Å². The van der Waals surface area contributed by atoms with Crippen molar-refractivity contribution < 1.29 is 18.9 Å². The van der Waals surface area contributed by atoms with Crippen molar-refractivity contribution in [2.24, 2.45) is 0 Å². The molecule has 0 aliphatic heterocycles. The fraction of sp³-hybridized carbons (Fsp3) is 0.156. The maximum atomic E-state index is 5.64. The van der Waals surface area contributed by atoms with E-state index in [0.717, 1.165) is 48.4 Å². The molecule has 0 aliphatic carbocycles. The summed E-state index contributed by atoms with van der Waals surface area (Å²) < 4.78 is 26.5. The van der Waals surface area contributed by atoms with Crippen molar-refractivity contribution >= 4 is 31.9 Å². The van der Waals surface area contributed by atoms with Crippen LogP contribution in [-0.2, 0) is 6.54 Å². The first-order chi connectivity index (χ1) is 19.4. The van der Waals surface area contributed by atoms with Crippen LogP contribution in [0.1, 0.15) is 5.56 Å². The molecule has 0 N–H and O–H groups in total. The topological polar surface area (TPSA) is 54.7 Å². The van der Waals surface area contributed by atoms with E-state index in [1.165, 1.54) is 0 Å². The third-order valence-electron chi connectivity index (χ3n) is 6.63. The minimum absolute atomic E-state index is 0.541. The van der Waals surface area contributed by atoms with Crippen LogP contribution in [0.3, 0.4) is 0 Å². The van der Waals surface area contributed by atoms with Crippen molar-refractivity contribution in [2.45, 2.75) is 6.54 Å². The lowest BCUT2D eigenvalue weighted by Crippen LogP contribution is -2.05. The zero-order valence-corrected chi connectivity index (χ0v) is 25.7. The van der Waals surface area contributed by atoms with Gasteiger partial charge >= 0.3 is 0 Å². The number of hydrogen-bond acceptors (Lipinski definition) is 5. The van der Waals surface area contributed by atoms with Crippen LogP contribution in [0.4, 0.5) is 0 Å². The van der Waals surface area contributed by atoms with Crippen LogP contribution in [0.5, 0.6) is 23.0 Å². The molecule has 0 unspecified atom stereocenters. The molecule has 1 heterocycles. The molecule has 6 nitrogen and oxygen atoms in total. The monoisotopic (exact) mass is 662 g/mol. The molecule has 204 valence electrons. The number of imidazole rings is 1. The lowest BCUT2D eigenvalue weighted by atomic mass is 10.0. The van der Waals surface area contributed by atoms with Crippen LogP contribution in [0, 0.1) is 0 Å². The minimum atomic E-state index is 0.541. The van der Waals surface area contributed by atoms with Crippen molar-refractivity contribution in [1.82, 2.24) is 9.55 Å². The van der Waals surface area contributed by atoms with E-state index in [9.17, 15) is 0 Å². The van der Waals surface area contributed by atoms with E-state index in [1.807, 2.05) is 60.7 Å². The number of rotatable bonds is 9. The van der Waals surface area contributed by atoms with Gasteiger partial charge in [0.05, 0.1) is 39.8 Å². The molecule has 1 aromatic heterocycles. The van der Waals surface area contributed by atoms with Crippen LogP contribution < -0.4 is 18.9 Å². The van der Waals surface area contributed by atoms with Crippen molar-refractivity contribution in [1.29, 1.82) is 0 Å². The lowest BCUT2D eigenvalue weighted by molar-refractivity contribution is 0.354. The number of aromatic nitrogens is 2. The number of nitrogens with zero attached hydrogens (tertiary/aromatic N) is 2. The molecular formula is C32H28Br2N2O4. The Kier molecular flexibility index (Phi) is 8.47. The predicted molar refractivity (Wildman–Crippen MR) is 166 cm³/mol. The summed E-state index contributed by atoms with van der Waals surface area (Å²) in [6.45, 7) is 0.541. The highest BCUT2D eigenvalue weighted by Gasteiger charge is 2.23. The summed E-state index contributed by atoms with van der Waals surface area (Å²) in [5.41, 5.74) is 5.86. The zero-order chi connectivity index (χ0) is 28.2. The maximum absolute atomic E-state index is 5.64. The van der Waals surface area contributed by atoms with Gasteiger partial charge in [-0.25, -0.2) is 4.98 Å². The first kappa shape index (κ1) is 27.8. The van der Waals surface area contributed by atoms with Gasteiger partial charge in [0.2, 0.25) is 0 Å². The van der Waals surface area contributed by atoms with Gasteiger partial charge < -0.3 is 23.5 Å². The molecular weight excluding hydrogens is 636 g/mol. The molecule has 5 aromatic rings. The smallest absolute Gasteiger partial charge is 0.161 e. The molecule has 0 saturated heterocycles. The Morgan fingerprint density at radius 3 is 1.65 bits per heavy atom. The highest BCUT2D eigenvalue weighted by molar-refractivity contribution is 9.10. The minimum Gasteiger partial charge on any atom is -0.493 e. The van der Waals surface area contributed by atoms with Gasteiger partial charge in [-0.05, 0) is 60.2 Å².